The first-order valence-electron chi connectivity index (χ1n) is 16.5. The van der Waals surface area contributed by atoms with Crippen LogP contribution in [0.15, 0.2) is 102 Å². The lowest BCUT2D eigenvalue weighted by Gasteiger charge is -2.39. The number of hydrogen-bond acceptors (Lipinski definition) is 5. The van der Waals surface area contributed by atoms with Crippen LogP contribution < -0.4 is 0 Å². The summed E-state index contributed by atoms with van der Waals surface area (Å²) in [4.78, 5) is 18.2. The third-order valence-electron chi connectivity index (χ3n) is 8.93. The molecule has 2 aliphatic rings. The summed E-state index contributed by atoms with van der Waals surface area (Å²) in [6.45, 7) is 8.48. The summed E-state index contributed by atoms with van der Waals surface area (Å²) in [6.07, 6.45) is 15.7. The molecular weight excluding hydrogens is 582 g/mol. The number of amides is 1. The SMILES string of the molecule is CCCC(C)CN(C(=O)OCC1=CC=CCC=C1)C1CCN(CCC(CN(C)S(=O)(=O)c2ccccc2)c2ccccc2)CC1. The Bertz CT molecular complexity index is 1380. The molecule has 0 saturated carbocycles. The smallest absolute Gasteiger partial charge is 0.410 e. The van der Waals surface area contributed by atoms with Crippen LogP contribution in [0.4, 0.5) is 4.79 Å². The van der Waals surface area contributed by atoms with Crippen molar-refractivity contribution in [2.45, 2.75) is 69.2 Å². The van der Waals surface area contributed by atoms with Crippen LogP contribution in [-0.2, 0) is 14.8 Å². The van der Waals surface area contributed by atoms with E-state index >= 15 is 0 Å². The zero-order valence-electron chi connectivity index (χ0n) is 27.3. The van der Waals surface area contributed by atoms with E-state index in [1.165, 1.54) is 4.31 Å². The van der Waals surface area contributed by atoms with Gasteiger partial charge < -0.3 is 14.5 Å². The maximum absolute atomic E-state index is 13.4. The molecule has 0 aromatic heterocycles. The van der Waals surface area contributed by atoms with Crippen LogP contribution in [0.25, 0.3) is 0 Å². The fourth-order valence-corrected chi connectivity index (χ4v) is 7.54. The van der Waals surface area contributed by atoms with Gasteiger partial charge in [0.15, 0.2) is 0 Å². The Labute approximate surface area is 271 Å². The van der Waals surface area contributed by atoms with Crippen LogP contribution in [0, 0.1) is 5.92 Å². The summed E-state index contributed by atoms with van der Waals surface area (Å²) in [5.74, 6) is 0.479. The third-order valence-corrected chi connectivity index (χ3v) is 10.8. The number of nitrogens with zero attached hydrogens (tertiary/aromatic N) is 3. The molecular formula is C37H51N3O4S. The fraction of sp³-hybridized carbons (Fsp3) is 0.486. The van der Waals surface area contributed by atoms with Crippen molar-refractivity contribution >= 4 is 16.1 Å². The summed E-state index contributed by atoms with van der Waals surface area (Å²) in [5, 5.41) is 0. The van der Waals surface area contributed by atoms with Crippen LogP contribution in [0.5, 0.6) is 0 Å². The lowest BCUT2D eigenvalue weighted by molar-refractivity contribution is 0.0621. The Morgan fingerprint density at radius 2 is 1.67 bits per heavy atom. The van der Waals surface area contributed by atoms with Gasteiger partial charge in [-0.1, -0.05) is 99.2 Å². The van der Waals surface area contributed by atoms with E-state index in [0.717, 1.165) is 69.3 Å². The van der Waals surface area contributed by atoms with Gasteiger partial charge in [-0.05, 0) is 73.8 Å². The van der Waals surface area contributed by atoms with E-state index in [1.807, 2.05) is 47.4 Å². The first-order chi connectivity index (χ1) is 21.8. The molecule has 1 aliphatic carbocycles. The number of hydrogen-bond donors (Lipinski definition) is 0. The lowest BCUT2D eigenvalue weighted by Crippen LogP contribution is -2.49. The molecule has 2 aromatic carbocycles. The largest absolute Gasteiger partial charge is 0.445 e. The molecule has 244 valence electrons. The predicted octanol–water partition coefficient (Wildman–Crippen LogP) is 7.26. The number of likely N-dealkylation sites (tertiary alicyclic amines) is 1. The molecule has 0 N–H and O–H groups in total. The maximum Gasteiger partial charge on any atom is 0.410 e. The van der Waals surface area contributed by atoms with Crippen molar-refractivity contribution in [3.05, 3.63) is 102 Å². The third kappa shape index (κ3) is 10.4. The Morgan fingerprint density at radius 3 is 2.36 bits per heavy atom. The van der Waals surface area contributed by atoms with Crippen LogP contribution in [0.2, 0.25) is 0 Å². The average molecular weight is 634 g/mol. The topological polar surface area (TPSA) is 70.2 Å². The van der Waals surface area contributed by atoms with E-state index in [0.29, 0.717) is 23.9 Å². The van der Waals surface area contributed by atoms with Gasteiger partial charge in [0, 0.05) is 39.3 Å². The standard InChI is InChI=1S/C37H51N3O4S/c1-4-15-31(2)28-40(37(41)44-30-32-16-9-5-6-10-17-32)35-23-26-39(27-24-35)25-22-34(33-18-11-7-12-19-33)29-38(3)45(42,43)36-20-13-8-14-21-36/h5,7-14,16-21,31,34-35H,4,6,15,22-30H2,1-3H3. The number of carbonyl (C=O) groups excluding carboxylic acids is 1. The van der Waals surface area contributed by atoms with E-state index in [4.69, 9.17) is 4.74 Å². The number of piperidine rings is 1. The maximum atomic E-state index is 13.4. The quantitative estimate of drug-likeness (QED) is 0.207. The van der Waals surface area contributed by atoms with E-state index in [2.05, 4.69) is 43.0 Å². The summed E-state index contributed by atoms with van der Waals surface area (Å²) < 4.78 is 33.9. The molecule has 8 heteroatoms. The van der Waals surface area contributed by atoms with Crippen molar-refractivity contribution < 1.29 is 17.9 Å². The first kappa shape index (κ1) is 34.7. The van der Waals surface area contributed by atoms with E-state index in [-0.39, 0.29) is 24.7 Å². The van der Waals surface area contributed by atoms with E-state index in [1.54, 1.807) is 31.3 Å². The van der Waals surface area contributed by atoms with Crippen molar-refractivity contribution in [3.63, 3.8) is 0 Å². The number of allylic oxidation sites excluding steroid dienone is 4. The molecule has 2 unspecified atom stereocenters. The molecule has 1 heterocycles. The van der Waals surface area contributed by atoms with Crippen molar-refractivity contribution in [1.29, 1.82) is 0 Å². The van der Waals surface area contributed by atoms with Gasteiger partial charge in [0.05, 0.1) is 4.90 Å². The Morgan fingerprint density at radius 1 is 0.978 bits per heavy atom. The number of rotatable bonds is 15. The van der Waals surface area contributed by atoms with Gasteiger partial charge in [-0.25, -0.2) is 17.5 Å². The predicted molar refractivity (Wildman–Crippen MR) is 183 cm³/mol. The van der Waals surface area contributed by atoms with Crippen molar-refractivity contribution in [2.75, 3.05) is 46.4 Å². The van der Waals surface area contributed by atoms with Gasteiger partial charge in [0.25, 0.3) is 0 Å². The van der Waals surface area contributed by atoms with E-state index in [9.17, 15) is 13.2 Å². The highest BCUT2D eigenvalue weighted by molar-refractivity contribution is 7.89. The molecule has 1 saturated heterocycles. The normalized spacial score (nSPS) is 17.5. The van der Waals surface area contributed by atoms with Gasteiger partial charge in [-0.3, -0.25) is 0 Å². The van der Waals surface area contributed by atoms with Crippen LogP contribution in [-0.4, -0.2) is 81.0 Å². The minimum Gasteiger partial charge on any atom is -0.445 e. The fourth-order valence-electron chi connectivity index (χ4n) is 6.30. The Hall–Kier alpha value is -3.20. The molecule has 1 fully saturated rings. The van der Waals surface area contributed by atoms with Crippen LogP contribution >= 0.6 is 0 Å². The Kier molecular flexibility index (Phi) is 13.5. The molecule has 2 atom stereocenters. The molecule has 1 amide bonds. The highest BCUT2D eigenvalue weighted by Crippen LogP contribution is 2.26. The zero-order valence-corrected chi connectivity index (χ0v) is 28.1. The van der Waals surface area contributed by atoms with Crippen molar-refractivity contribution in [1.82, 2.24) is 14.1 Å². The molecule has 1 aliphatic heterocycles. The molecule has 7 nitrogen and oxygen atoms in total. The van der Waals surface area contributed by atoms with Crippen molar-refractivity contribution in [3.8, 4) is 0 Å². The average Bonchev–Trinajstić information content (AvgIpc) is 3.34. The van der Waals surface area contributed by atoms with Gasteiger partial charge in [-0.15, -0.1) is 0 Å². The highest BCUT2D eigenvalue weighted by atomic mass is 32.2. The van der Waals surface area contributed by atoms with Gasteiger partial charge in [0.2, 0.25) is 10.0 Å². The van der Waals surface area contributed by atoms with Crippen LogP contribution in [0.3, 0.4) is 0 Å². The van der Waals surface area contributed by atoms with Crippen LogP contribution in [0.1, 0.15) is 63.9 Å². The summed E-state index contributed by atoms with van der Waals surface area (Å²) >= 11 is 0. The second-order valence-corrected chi connectivity index (χ2v) is 14.5. The van der Waals surface area contributed by atoms with Gasteiger partial charge in [-0.2, -0.15) is 0 Å². The molecule has 0 radical (unpaired) electrons. The van der Waals surface area contributed by atoms with Gasteiger partial charge >= 0.3 is 6.09 Å². The minimum atomic E-state index is -3.58. The Balaban J connectivity index is 1.36. The van der Waals surface area contributed by atoms with Crippen molar-refractivity contribution in [2.24, 2.45) is 5.92 Å². The van der Waals surface area contributed by atoms with Gasteiger partial charge in [0.1, 0.15) is 6.61 Å². The molecule has 45 heavy (non-hydrogen) atoms. The lowest BCUT2D eigenvalue weighted by atomic mass is 9.94. The first-order valence-corrected chi connectivity index (χ1v) is 18.0. The summed E-state index contributed by atoms with van der Waals surface area (Å²) in [5.41, 5.74) is 2.15. The molecule has 0 spiro atoms. The molecule has 4 rings (SSSR count). The second-order valence-electron chi connectivity index (χ2n) is 12.5. The highest BCUT2D eigenvalue weighted by Gasteiger charge is 2.31. The van der Waals surface area contributed by atoms with E-state index < -0.39 is 10.0 Å². The number of benzene rings is 2. The summed E-state index contributed by atoms with van der Waals surface area (Å²) in [7, 11) is -1.90. The number of likely N-dealkylation sites (N-methyl/N-ethyl adjacent to an activating group) is 1. The molecule has 2 aromatic rings. The number of ether oxygens (including phenoxy) is 1. The number of carbonyl (C=O) groups is 1. The monoisotopic (exact) mass is 633 g/mol. The molecule has 0 bridgehead atoms. The second kappa shape index (κ2) is 17.5. The summed E-state index contributed by atoms with van der Waals surface area (Å²) in [6, 6.07) is 19.0. The minimum absolute atomic E-state index is 0.0657. The number of sulfonamides is 1. The zero-order chi connectivity index (χ0) is 32.1.